The van der Waals surface area contributed by atoms with Crippen molar-refractivity contribution in [3.05, 3.63) is 70.5 Å². The van der Waals surface area contributed by atoms with E-state index < -0.39 is 0 Å². The lowest BCUT2D eigenvalue weighted by molar-refractivity contribution is 0.548. The molecule has 0 bridgehead atoms. The predicted octanol–water partition coefficient (Wildman–Crippen LogP) is 4.75. The number of benzene rings is 2. The molecule has 3 aromatic rings. The normalized spacial score (nSPS) is 12.7. The van der Waals surface area contributed by atoms with Gasteiger partial charge in [-0.3, -0.25) is 9.36 Å². The largest absolute Gasteiger partial charge is 0.280 e. The third-order valence-electron chi connectivity index (χ3n) is 3.99. The molecule has 0 radical (unpaired) electrons. The van der Waals surface area contributed by atoms with E-state index in [2.05, 4.69) is 32.9 Å². The van der Waals surface area contributed by atoms with Crippen LogP contribution in [0, 0.1) is 5.92 Å². The summed E-state index contributed by atoms with van der Waals surface area (Å²) in [5.74, 6) is 1.48. The molecule has 0 spiro atoms. The molecule has 1 heterocycles. The van der Waals surface area contributed by atoms with Gasteiger partial charge in [-0.1, -0.05) is 68.1 Å². The predicted molar refractivity (Wildman–Crippen MR) is 102 cm³/mol. The van der Waals surface area contributed by atoms with Crippen molar-refractivity contribution in [2.24, 2.45) is 5.92 Å². The summed E-state index contributed by atoms with van der Waals surface area (Å²) in [4.78, 5) is 17.9. The zero-order chi connectivity index (χ0) is 17.1. The van der Waals surface area contributed by atoms with E-state index in [1.807, 2.05) is 47.0 Å². The van der Waals surface area contributed by atoms with Gasteiger partial charge in [-0.2, -0.15) is 0 Å². The molecule has 0 saturated carbocycles. The van der Waals surface area contributed by atoms with E-state index in [4.69, 9.17) is 4.98 Å². The molecule has 3 rings (SSSR count). The van der Waals surface area contributed by atoms with Crippen molar-refractivity contribution in [3.63, 3.8) is 0 Å². The quantitative estimate of drug-likeness (QED) is 0.497. The summed E-state index contributed by atoms with van der Waals surface area (Å²) in [5, 5.41) is 1.47. The summed E-state index contributed by atoms with van der Waals surface area (Å²) in [7, 11) is 0. The van der Waals surface area contributed by atoms with Crippen LogP contribution in [0.4, 0.5) is 0 Å². The van der Waals surface area contributed by atoms with E-state index in [1.165, 1.54) is 0 Å². The smallest absolute Gasteiger partial charge is 0.262 e. The maximum absolute atomic E-state index is 13.1. The first-order chi connectivity index (χ1) is 11.6. The van der Waals surface area contributed by atoms with Crippen LogP contribution in [0.5, 0.6) is 0 Å². The zero-order valence-electron chi connectivity index (χ0n) is 14.3. The molecule has 0 unspecified atom stereocenters. The Balaban J connectivity index is 2.17. The highest BCUT2D eigenvalue weighted by atomic mass is 32.2. The number of hydrogen-bond acceptors (Lipinski definition) is 3. The molecule has 1 atom stereocenters. The van der Waals surface area contributed by atoms with Gasteiger partial charge in [0.25, 0.3) is 5.56 Å². The molecule has 0 saturated heterocycles. The fraction of sp³-hybridized carbons (Fsp3) is 0.300. The molecular formula is C20H22N2OS. The lowest BCUT2D eigenvalue weighted by Gasteiger charge is -2.20. The van der Waals surface area contributed by atoms with Gasteiger partial charge in [0.1, 0.15) is 0 Å². The maximum Gasteiger partial charge on any atom is 0.262 e. The second-order valence-electron chi connectivity index (χ2n) is 6.38. The monoisotopic (exact) mass is 338 g/mol. The molecule has 0 aliphatic carbocycles. The highest BCUT2D eigenvalue weighted by molar-refractivity contribution is 7.99. The van der Waals surface area contributed by atoms with Gasteiger partial charge in [0.2, 0.25) is 0 Å². The fourth-order valence-electron chi connectivity index (χ4n) is 2.69. The zero-order valence-corrected chi connectivity index (χ0v) is 15.1. The Bertz CT molecular complexity index is 887. The van der Waals surface area contributed by atoms with E-state index in [-0.39, 0.29) is 11.6 Å². The molecule has 1 aromatic heterocycles. The summed E-state index contributed by atoms with van der Waals surface area (Å²) in [6.07, 6.45) is 0. The number of rotatable bonds is 5. The first-order valence-electron chi connectivity index (χ1n) is 8.27. The van der Waals surface area contributed by atoms with Gasteiger partial charge in [0, 0.05) is 5.75 Å². The van der Waals surface area contributed by atoms with Crippen LogP contribution in [0.2, 0.25) is 0 Å². The Morgan fingerprint density at radius 3 is 2.38 bits per heavy atom. The van der Waals surface area contributed by atoms with E-state index in [0.29, 0.717) is 11.3 Å². The first kappa shape index (κ1) is 16.8. The van der Waals surface area contributed by atoms with Crippen molar-refractivity contribution in [3.8, 4) is 0 Å². The molecule has 0 N–H and O–H groups in total. The van der Waals surface area contributed by atoms with Crippen LogP contribution in [0.3, 0.4) is 0 Å². The highest BCUT2D eigenvalue weighted by Gasteiger charge is 2.18. The second-order valence-corrected chi connectivity index (χ2v) is 7.37. The summed E-state index contributed by atoms with van der Waals surface area (Å²) in [5.41, 5.74) is 1.91. The Labute approximate surface area is 146 Å². The van der Waals surface area contributed by atoms with Crippen molar-refractivity contribution >= 4 is 22.7 Å². The topological polar surface area (TPSA) is 34.9 Å². The van der Waals surface area contributed by atoms with E-state index in [0.717, 1.165) is 22.0 Å². The molecule has 3 nitrogen and oxygen atoms in total. The van der Waals surface area contributed by atoms with Gasteiger partial charge in [0.05, 0.1) is 16.9 Å². The van der Waals surface area contributed by atoms with Gasteiger partial charge in [0.15, 0.2) is 5.16 Å². The Kier molecular flexibility index (Phi) is 5.05. The molecule has 24 heavy (non-hydrogen) atoms. The van der Waals surface area contributed by atoms with Gasteiger partial charge in [-0.15, -0.1) is 0 Å². The van der Waals surface area contributed by atoms with Crippen LogP contribution in [0.1, 0.15) is 32.4 Å². The second kappa shape index (κ2) is 7.22. The standard InChI is InChI=1S/C20H22N2OS/c1-14(2)13-24-20-21-18-12-8-7-11-17(18)19(23)22(20)15(3)16-9-5-4-6-10-16/h4-12,14-15H,13H2,1-3H3/t15-/m1/s1. The van der Waals surface area contributed by atoms with E-state index in [1.54, 1.807) is 11.8 Å². The summed E-state index contributed by atoms with van der Waals surface area (Å²) in [6, 6.07) is 17.7. The lowest BCUT2D eigenvalue weighted by atomic mass is 10.1. The van der Waals surface area contributed by atoms with Crippen LogP contribution in [-0.2, 0) is 0 Å². The minimum Gasteiger partial charge on any atom is -0.280 e. The van der Waals surface area contributed by atoms with Gasteiger partial charge in [-0.25, -0.2) is 4.98 Å². The molecule has 0 aliphatic rings. The van der Waals surface area contributed by atoms with Crippen molar-refractivity contribution in [2.45, 2.75) is 32.0 Å². The Morgan fingerprint density at radius 2 is 1.67 bits per heavy atom. The highest BCUT2D eigenvalue weighted by Crippen LogP contribution is 2.25. The van der Waals surface area contributed by atoms with Crippen LogP contribution in [0.15, 0.2) is 64.5 Å². The van der Waals surface area contributed by atoms with Crippen molar-refractivity contribution < 1.29 is 0 Å². The van der Waals surface area contributed by atoms with Crippen molar-refractivity contribution in [1.29, 1.82) is 0 Å². The summed E-state index contributed by atoms with van der Waals surface area (Å²) < 4.78 is 1.84. The fourth-order valence-corrected chi connectivity index (χ4v) is 3.72. The number of thioether (sulfide) groups is 1. The molecule has 0 aliphatic heterocycles. The van der Waals surface area contributed by atoms with Gasteiger partial charge >= 0.3 is 0 Å². The van der Waals surface area contributed by atoms with Crippen molar-refractivity contribution in [2.75, 3.05) is 5.75 Å². The summed E-state index contributed by atoms with van der Waals surface area (Å²) in [6.45, 7) is 6.42. The van der Waals surface area contributed by atoms with Crippen LogP contribution < -0.4 is 5.56 Å². The molecular weight excluding hydrogens is 316 g/mol. The SMILES string of the molecule is CC(C)CSc1nc2ccccc2c(=O)n1[C@H](C)c1ccccc1. The summed E-state index contributed by atoms with van der Waals surface area (Å²) >= 11 is 1.66. The molecule has 0 fully saturated rings. The first-order valence-corrected chi connectivity index (χ1v) is 9.25. The number of fused-ring (bicyclic) bond motifs is 1. The lowest BCUT2D eigenvalue weighted by Crippen LogP contribution is -2.27. The Morgan fingerprint density at radius 1 is 1.00 bits per heavy atom. The minimum atomic E-state index is -0.0505. The van der Waals surface area contributed by atoms with E-state index in [9.17, 15) is 4.79 Å². The molecule has 124 valence electrons. The third-order valence-corrected chi connectivity index (χ3v) is 5.37. The minimum absolute atomic E-state index is 0.0307. The third kappa shape index (κ3) is 3.39. The van der Waals surface area contributed by atoms with Gasteiger partial charge < -0.3 is 0 Å². The van der Waals surface area contributed by atoms with Crippen LogP contribution >= 0.6 is 11.8 Å². The number of para-hydroxylation sites is 1. The van der Waals surface area contributed by atoms with E-state index >= 15 is 0 Å². The average Bonchev–Trinajstić information content (AvgIpc) is 2.60. The van der Waals surface area contributed by atoms with Crippen molar-refractivity contribution in [1.82, 2.24) is 9.55 Å². The molecule has 4 heteroatoms. The van der Waals surface area contributed by atoms with Gasteiger partial charge in [-0.05, 0) is 30.5 Å². The van der Waals surface area contributed by atoms with Crippen LogP contribution in [-0.4, -0.2) is 15.3 Å². The number of hydrogen-bond donors (Lipinski definition) is 0. The molecule has 2 aromatic carbocycles. The number of nitrogens with zero attached hydrogens (tertiary/aromatic N) is 2. The molecule has 0 amide bonds. The maximum atomic E-state index is 13.1. The van der Waals surface area contributed by atoms with Crippen LogP contribution in [0.25, 0.3) is 10.9 Å². The number of aromatic nitrogens is 2. The average molecular weight is 338 g/mol. The Hall–Kier alpha value is -2.07.